The lowest BCUT2D eigenvalue weighted by Gasteiger charge is -2.27. The minimum atomic E-state index is -0.128. The molecule has 0 saturated heterocycles. The predicted molar refractivity (Wildman–Crippen MR) is 49.7 cm³/mol. The highest BCUT2D eigenvalue weighted by Gasteiger charge is 2.24. The van der Waals surface area contributed by atoms with E-state index in [1.807, 2.05) is 0 Å². The Hall–Kier alpha value is 0.250. The van der Waals surface area contributed by atoms with Gasteiger partial charge in [0.25, 0.3) is 0 Å². The molecular formula is C9H19ClO. The largest absolute Gasteiger partial charge is 0.273 e. The van der Waals surface area contributed by atoms with Gasteiger partial charge in [0.1, 0.15) is 0 Å². The van der Waals surface area contributed by atoms with E-state index in [0.717, 1.165) is 12.8 Å². The number of halogens is 1. The van der Waals surface area contributed by atoms with Crippen LogP contribution in [0.2, 0.25) is 0 Å². The quantitative estimate of drug-likeness (QED) is 0.623. The van der Waals surface area contributed by atoms with E-state index in [-0.39, 0.29) is 5.60 Å². The maximum atomic E-state index is 5.41. The second kappa shape index (κ2) is 5.00. The highest BCUT2D eigenvalue weighted by atomic mass is 35.5. The third-order valence-electron chi connectivity index (χ3n) is 2.41. The van der Waals surface area contributed by atoms with Gasteiger partial charge in [-0.2, -0.15) is 0 Å². The van der Waals surface area contributed by atoms with Crippen molar-refractivity contribution >= 4 is 11.9 Å². The summed E-state index contributed by atoms with van der Waals surface area (Å²) < 4.78 is 4.93. The molecule has 0 aliphatic carbocycles. The fourth-order valence-corrected chi connectivity index (χ4v) is 1.28. The molecule has 0 rings (SSSR count). The van der Waals surface area contributed by atoms with Crippen molar-refractivity contribution in [2.24, 2.45) is 5.92 Å². The van der Waals surface area contributed by atoms with E-state index in [0.29, 0.717) is 5.92 Å². The molecule has 0 aliphatic heterocycles. The van der Waals surface area contributed by atoms with Crippen molar-refractivity contribution in [2.45, 2.75) is 52.6 Å². The summed E-state index contributed by atoms with van der Waals surface area (Å²) in [6.07, 6.45) is 3.21. The van der Waals surface area contributed by atoms with Crippen LogP contribution in [0.1, 0.15) is 47.0 Å². The zero-order valence-electron chi connectivity index (χ0n) is 7.98. The SMILES string of the molecule is CCC(C)CC(C)(CC)OCl. The van der Waals surface area contributed by atoms with Gasteiger partial charge in [0.2, 0.25) is 0 Å². The fourth-order valence-electron chi connectivity index (χ4n) is 1.11. The van der Waals surface area contributed by atoms with Gasteiger partial charge in [-0.05, 0) is 25.7 Å². The van der Waals surface area contributed by atoms with Gasteiger partial charge in [-0.3, -0.25) is 4.29 Å². The highest BCUT2D eigenvalue weighted by Crippen LogP contribution is 2.26. The summed E-state index contributed by atoms with van der Waals surface area (Å²) in [5.41, 5.74) is -0.128. The molecule has 0 aromatic heterocycles. The van der Waals surface area contributed by atoms with Crippen LogP contribution in [0.5, 0.6) is 0 Å². The van der Waals surface area contributed by atoms with Crippen molar-refractivity contribution in [3.63, 3.8) is 0 Å². The van der Waals surface area contributed by atoms with Gasteiger partial charge in [-0.15, -0.1) is 0 Å². The summed E-state index contributed by atoms with van der Waals surface area (Å²) in [6.45, 7) is 8.58. The Bertz CT molecular complexity index is 99.7. The molecule has 2 unspecified atom stereocenters. The molecule has 0 aromatic carbocycles. The molecule has 0 aromatic rings. The topological polar surface area (TPSA) is 9.23 Å². The zero-order chi connectivity index (χ0) is 8.91. The monoisotopic (exact) mass is 178 g/mol. The molecule has 0 saturated carbocycles. The minimum Gasteiger partial charge on any atom is -0.273 e. The first-order chi connectivity index (χ1) is 5.08. The second-order valence-electron chi connectivity index (χ2n) is 3.60. The van der Waals surface area contributed by atoms with Crippen molar-refractivity contribution < 1.29 is 4.29 Å². The van der Waals surface area contributed by atoms with Crippen molar-refractivity contribution in [3.8, 4) is 0 Å². The first-order valence-electron chi connectivity index (χ1n) is 4.37. The van der Waals surface area contributed by atoms with E-state index in [2.05, 4.69) is 27.7 Å². The first kappa shape index (κ1) is 11.2. The Balaban J connectivity index is 3.86. The van der Waals surface area contributed by atoms with E-state index in [4.69, 9.17) is 16.2 Å². The normalized spacial score (nSPS) is 19.4. The van der Waals surface area contributed by atoms with Crippen molar-refractivity contribution in [1.82, 2.24) is 0 Å². The smallest absolute Gasteiger partial charge is 0.0869 e. The van der Waals surface area contributed by atoms with Crippen molar-refractivity contribution in [3.05, 3.63) is 0 Å². The third-order valence-corrected chi connectivity index (χ3v) is 2.78. The number of hydrogen-bond acceptors (Lipinski definition) is 1. The van der Waals surface area contributed by atoms with E-state index >= 15 is 0 Å². The standard InChI is InChI=1S/C9H19ClO/c1-5-8(3)7-9(4,6-2)11-10/h8H,5-7H2,1-4H3. The van der Waals surface area contributed by atoms with Crippen LogP contribution in [0.25, 0.3) is 0 Å². The molecular weight excluding hydrogens is 160 g/mol. The summed E-state index contributed by atoms with van der Waals surface area (Å²) in [7, 11) is 0. The van der Waals surface area contributed by atoms with Crippen LogP contribution in [-0.2, 0) is 4.29 Å². The molecule has 11 heavy (non-hydrogen) atoms. The van der Waals surface area contributed by atoms with E-state index < -0.39 is 0 Å². The number of hydrogen-bond donors (Lipinski definition) is 0. The van der Waals surface area contributed by atoms with Crippen LogP contribution in [0.3, 0.4) is 0 Å². The van der Waals surface area contributed by atoms with Crippen LogP contribution in [0, 0.1) is 5.92 Å². The lowest BCUT2D eigenvalue weighted by atomic mass is 9.90. The van der Waals surface area contributed by atoms with Crippen LogP contribution in [0.15, 0.2) is 0 Å². The summed E-state index contributed by atoms with van der Waals surface area (Å²) in [5, 5.41) is 0. The Morgan fingerprint density at radius 1 is 1.45 bits per heavy atom. The molecule has 0 heterocycles. The fraction of sp³-hybridized carbons (Fsp3) is 1.00. The lowest BCUT2D eigenvalue weighted by molar-refractivity contribution is 0.0700. The Morgan fingerprint density at radius 3 is 2.27 bits per heavy atom. The molecule has 0 amide bonds. The number of rotatable bonds is 5. The van der Waals surface area contributed by atoms with Crippen LogP contribution in [-0.4, -0.2) is 5.60 Å². The summed E-state index contributed by atoms with van der Waals surface area (Å²) in [6, 6.07) is 0. The average Bonchev–Trinajstić information content (AvgIpc) is 2.04. The maximum Gasteiger partial charge on any atom is 0.0869 e. The molecule has 0 N–H and O–H groups in total. The lowest BCUT2D eigenvalue weighted by Crippen LogP contribution is -2.26. The van der Waals surface area contributed by atoms with Gasteiger partial charge < -0.3 is 0 Å². The molecule has 2 heteroatoms. The maximum absolute atomic E-state index is 5.41. The van der Waals surface area contributed by atoms with Gasteiger partial charge >= 0.3 is 0 Å². The summed E-state index contributed by atoms with van der Waals surface area (Å²) in [4.78, 5) is 0. The third kappa shape index (κ3) is 3.97. The molecule has 0 bridgehead atoms. The van der Waals surface area contributed by atoms with Crippen LogP contribution >= 0.6 is 11.9 Å². The van der Waals surface area contributed by atoms with E-state index in [1.165, 1.54) is 6.42 Å². The Kier molecular flexibility index (Phi) is 5.11. The molecule has 0 radical (unpaired) electrons. The predicted octanol–water partition coefficient (Wildman–Crippen LogP) is 3.76. The van der Waals surface area contributed by atoms with Gasteiger partial charge in [0.05, 0.1) is 17.5 Å². The first-order valence-corrected chi connectivity index (χ1v) is 4.68. The Morgan fingerprint density at radius 2 is 2.00 bits per heavy atom. The molecule has 0 fully saturated rings. The molecule has 1 nitrogen and oxygen atoms in total. The Labute approximate surface area is 75.2 Å². The zero-order valence-corrected chi connectivity index (χ0v) is 8.74. The molecule has 68 valence electrons. The summed E-state index contributed by atoms with van der Waals surface area (Å²) >= 11 is 5.41. The van der Waals surface area contributed by atoms with Crippen LogP contribution in [0.4, 0.5) is 0 Å². The van der Waals surface area contributed by atoms with Gasteiger partial charge in [0, 0.05) is 0 Å². The van der Waals surface area contributed by atoms with Crippen LogP contribution < -0.4 is 0 Å². The highest BCUT2D eigenvalue weighted by molar-refractivity contribution is 6.07. The molecule has 2 atom stereocenters. The molecule has 0 spiro atoms. The molecule has 0 aliphatic rings. The van der Waals surface area contributed by atoms with Gasteiger partial charge in [-0.1, -0.05) is 27.2 Å². The van der Waals surface area contributed by atoms with Crippen molar-refractivity contribution in [1.29, 1.82) is 0 Å². The average molecular weight is 179 g/mol. The van der Waals surface area contributed by atoms with E-state index in [1.54, 1.807) is 0 Å². The van der Waals surface area contributed by atoms with Gasteiger partial charge in [-0.25, -0.2) is 0 Å². The summed E-state index contributed by atoms with van der Waals surface area (Å²) in [5.74, 6) is 0.693. The van der Waals surface area contributed by atoms with E-state index in [9.17, 15) is 0 Å². The van der Waals surface area contributed by atoms with Gasteiger partial charge in [0.15, 0.2) is 0 Å². The van der Waals surface area contributed by atoms with Crippen molar-refractivity contribution in [2.75, 3.05) is 0 Å². The minimum absolute atomic E-state index is 0.128. The second-order valence-corrected chi connectivity index (χ2v) is 3.75.